The van der Waals surface area contributed by atoms with E-state index in [4.69, 9.17) is 4.42 Å². The molecule has 9 rings (SSSR count). The Morgan fingerprint density at radius 2 is 0.939 bits per heavy atom. The topological polar surface area (TPSA) is 16.4 Å². The van der Waals surface area contributed by atoms with Gasteiger partial charge in [0.25, 0.3) is 0 Å². The standard InChI is InChI=1S/C47H33NO/c1-32-41-17-9-10-21-46(41)49-47(32)38-14-11-13-36(30-38)35-24-22-33(23-25-35)34-26-28-40(29-27-34)48(39-15-3-2-4-16-39)45-31-37-12-5-6-18-42(37)43-19-7-8-20-44(43)45/h2-31H,1H3. The summed E-state index contributed by atoms with van der Waals surface area (Å²) < 4.78 is 6.27. The molecule has 0 bridgehead atoms. The van der Waals surface area contributed by atoms with Crippen LogP contribution >= 0.6 is 0 Å². The van der Waals surface area contributed by atoms with Gasteiger partial charge in [0.1, 0.15) is 11.3 Å². The minimum atomic E-state index is 0.924. The predicted molar refractivity (Wildman–Crippen MR) is 207 cm³/mol. The fourth-order valence-corrected chi connectivity index (χ4v) is 7.17. The molecular weight excluding hydrogens is 595 g/mol. The van der Waals surface area contributed by atoms with Crippen molar-refractivity contribution >= 4 is 49.6 Å². The van der Waals surface area contributed by atoms with Gasteiger partial charge >= 0.3 is 0 Å². The van der Waals surface area contributed by atoms with E-state index in [1.54, 1.807) is 0 Å². The molecule has 0 amide bonds. The van der Waals surface area contributed by atoms with Gasteiger partial charge in [0.2, 0.25) is 0 Å². The normalized spacial score (nSPS) is 11.4. The van der Waals surface area contributed by atoms with Gasteiger partial charge in [0.05, 0.1) is 5.69 Å². The Bertz CT molecular complexity index is 2600. The van der Waals surface area contributed by atoms with E-state index in [1.165, 1.54) is 49.4 Å². The largest absolute Gasteiger partial charge is 0.456 e. The third kappa shape index (κ3) is 5.15. The van der Waals surface area contributed by atoms with Crippen LogP contribution in [0.1, 0.15) is 5.56 Å². The first kappa shape index (κ1) is 28.8. The first-order valence-corrected chi connectivity index (χ1v) is 16.8. The van der Waals surface area contributed by atoms with Crippen molar-refractivity contribution in [1.82, 2.24) is 0 Å². The zero-order valence-electron chi connectivity index (χ0n) is 27.2. The number of nitrogens with zero attached hydrogens (tertiary/aromatic N) is 1. The molecule has 0 atom stereocenters. The molecule has 1 heterocycles. The van der Waals surface area contributed by atoms with Crippen molar-refractivity contribution in [3.05, 3.63) is 188 Å². The van der Waals surface area contributed by atoms with Gasteiger partial charge in [-0.3, -0.25) is 0 Å². The molecule has 232 valence electrons. The molecule has 1 aromatic heterocycles. The number of aryl methyl sites for hydroxylation is 1. The second kappa shape index (κ2) is 12.0. The van der Waals surface area contributed by atoms with Crippen molar-refractivity contribution in [2.75, 3.05) is 4.90 Å². The molecule has 0 spiro atoms. The van der Waals surface area contributed by atoms with Gasteiger partial charge in [-0.1, -0.05) is 140 Å². The van der Waals surface area contributed by atoms with E-state index in [0.29, 0.717) is 0 Å². The Morgan fingerprint density at radius 3 is 1.67 bits per heavy atom. The summed E-state index contributed by atoms with van der Waals surface area (Å²) in [5.74, 6) is 0.931. The summed E-state index contributed by atoms with van der Waals surface area (Å²) in [5, 5.41) is 6.14. The van der Waals surface area contributed by atoms with E-state index in [9.17, 15) is 0 Å². The number of benzene rings is 8. The maximum Gasteiger partial charge on any atom is 0.138 e. The van der Waals surface area contributed by atoms with Crippen molar-refractivity contribution in [3.63, 3.8) is 0 Å². The van der Waals surface area contributed by atoms with Crippen LogP contribution in [0.25, 0.3) is 66.1 Å². The van der Waals surface area contributed by atoms with Crippen LogP contribution in [0.4, 0.5) is 17.1 Å². The highest BCUT2D eigenvalue weighted by molar-refractivity contribution is 6.14. The van der Waals surface area contributed by atoms with Gasteiger partial charge in [-0.05, 0) is 87.8 Å². The highest BCUT2D eigenvalue weighted by Crippen LogP contribution is 2.42. The van der Waals surface area contributed by atoms with Crippen LogP contribution in [-0.2, 0) is 0 Å². The summed E-state index contributed by atoms with van der Waals surface area (Å²) in [6, 6.07) is 65.0. The van der Waals surface area contributed by atoms with Crippen molar-refractivity contribution in [2.45, 2.75) is 6.92 Å². The molecule has 2 nitrogen and oxygen atoms in total. The zero-order valence-corrected chi connectivity index (χ0v) is 27.2. The number of fused-ring (bicyclic) bond motifs is 4. The minimum Gasteiger partial charge on any atom is -0.456 e. The first-order chi connectivity index (χ1) is 24.2. The summed E-state index contributed by atoms with van der Waals surface area (Å²) in [6.45, 7) is 2.14. The molecule has 0 saturated heterocycles. The van der Waals surface area contributed by atoms with Gasteiger partial charge in [0, 0.05) is 33.3 Å². The maximum atomic E-state index is 6.27. The van der Waals surface area contributed by atoms with Gasteiger partial charge < -0.3 is 9.32 Å². The van der Waals surface area contributed by atoms with E-state index in [2.05, 4.69) is 182 Å². The smallest absolute Gasteiger partial charge is 0.138 e. The molecule has 0 aliphatic carbocycles. The SMILES string of the molecule is Cc1c(-c2cccc(-c3ccc(-c4ccc(N(c5ccccc5)c5cc6ccccc6c6ccccc56)cc4)cc3)c2)oc2ccccc12. The number of hydrogen-bond acceptors (Lipinski definition) is 2. The molecule has 8 aromatic carbocycles. The molecule has 0 unspecified atom stereocenters. The lowest BCUT2D eigenvalue weighted by Crippen LogP contribution is -2.10. The summed E-state index contributed by atoms with van der Waals surface area (Å²) in [6.07, 6.45) is 0. The van der Waals surface area contributed by atoms with Crippen LogP contribution < -0.4 is 4.90 Å². The second-order valence-electron chi connectivity index (χ2n) is 12.6. The van der Waals surface area contributed by atoms with Crippen LogP contribution in [-0.4, -0.2) is 0 Å². The fourth-order valence-electron chi connectivity index (χ4n) is 7.17. The van der Waals surface area contributed by atoms with Gasteiger partial charge in [-0.25, -0.2) is 0 Å². The van der Waals surface area contributed by atoms with Crippen LogP contribution in [0.2, 0.25) is 0 Å². The molecule has 2 heteroatoms. The molecule has 0 radical (unpaired) electrons. The molecule has 0 aliphatic rings. The van der Waals surface area contributed by atoms with E-state index in [0.717, 1.165) is 39.4 Å². The maximum absolute atomic E-state index is 6.27. The lowest BCUT2D eigenvalue weighted by molar-refractivity contribution is 0.629. The van der Waals surface area contributed by atoms with E-state index < -0.39 is 0 Å². The number of hydrogen-bond donors (Lipinski definition) is 0. The third-order valence-corrected chi connectivity index (χ3v) is 9.65. The lowest BCUT2D eigenvalue weighted by Gasteiger charge is -2.27. The van der Waals surface area contributed by atoms with Gasteiger partial charge in [0.15, 0.2) is 0 Å². The summed E-state index contributed by atoms with van der Waals surface area (Å²) in [4.78, 5) is 2.37. The van der Waals surface area contributed by atoms with E-state index >= 15 is 0 Å². The monoisotopic (exact) mass is 627 g/mol. The van der Waals surface area contributed by atoms with Crippen molar-refractivity contribution in [2.24, 2.45) is 0 Å². The van der Waals surface area contributed by atoms with Crippen LogP contribution in [0, 0.1) is 6.92 Å². The quantitative estimate of drug-likeness (QED) is 0.171. The van der Waals surface area contributed by atoms with E-state index in [-0.39, 0.29) is 0 Å². The predicted octanol–water partition coefficient (Wildman–Crippen LogP) is 13.5. The van der Waals surface area contributed by atoms with Crippen LogP contribution in [0.15, 0.2) is 186 Å². The average molecular weight is 628 g/mol. The lowest BCUT2D eigenvalue weighted by atomic mass is 9.97. The Balaban J connectivity index is 1.05. The first-order valence-electron chi connectivity index (χ1n) is 16.8. The Labute approximate surface area is 286 Å². The average Bonchev–Trinajstić information content (AvgIpc) is 3.52. The fraction of sp³-hybridized carbons (Fsp3) is 0.0213. The molecule has 0 aliphatic heterocycles. The third-order valence-electron chi connectivity index (χ3n) is 9.65. The van der Waals surface area contributed by atoms with Crippen molar-refractivity contribution < 1.29 is 4.42 Å². The summed E-state index contributed by atoms with van der Waals surface area (Å²) in [5.41, 5.74) is 11.3. The Morgan fingerprint density at radius 1 is 0.388 bits per heavy atom. The number of rotatable bonds is 6. The van der Waals surface area contributed by atoms with Crippen molar-refractivity contribution in [1.29, 1.82) is 0 Å². The summed E-state index contributed by atoms with van der Waals surface area (Å²) >= 11 is 0. The highest BCUT2D eigenvalue weighted by atomic mass is 16.3. The summed E-state index contributed by atoms with van der Waals surface area (Å²) in [7, 11) is 0. The van der Waals surface area contributed by atoms with Crippen LogP contribution in [0.5, 0.6) is 0 Å². The number of furan rings is 1. The second-order valence-corrected chi connectivity index (χ2v) is 12.6. The van der Waals surface area contributed by atoms with Crippen LogP contribution in [0.3, 0.4) is 0 Å². The number of para-hydroxylation sites is 2. The minimum absolute atomic E-state index is 0.924. The number of anilines is 3. The molecule has 0 saturated carbocycles. The highest BCUT2D eigenvalue weighted by Gasteiger charge is 2.17. The van der Waals surface area contributed by atoms with Gasteiger partial charge in [-0.15, -0.1) is 0 Å². The molecule has 9 aromatic rings. The van der Waals surface area contributed by atoms with E-state index in [1.807, 2.05) is 12.1 Å². The molecule has 49 heavy (non-hydrogen) atoms. The Kier molecular flexibility index (Phi) is 7.06. The molecule has 0 N–H and O–H groups in total. The van der Waals surface area contributed by atoms with Crippen molar-refractivity contribution in [3.8, 4) is 33.6 Å². The Hall–Kier alpha value is -6.38. The van der Waals surface area contributed by atoms with Gasteiger partial charge in [-0.2, -0.15) is 0 Å². The molecule has 0 fully saturated rings. The molecular formula is C47H33NO. The zero-order chi connectivity index (χ0) is 32.7.